The van der Waals surface area contributed by atoms with Gasteiger partial charge in [0.1, 0.15) is 5.82 Å². The van der Waals surface area contributed by atoms with E-state index in [2.05, 4.69) is 22.2 Å². The van der Waals surface area contributed by atoms with Gasteiger partial charge < -0.3 is 10.2 Å². The van der Waals surface area contributed by atoms with Crippen molar-refractivity contribution in [1.29, 1.82) is 0 Å². The molecule has 102 valence electrons. The van der Waals surface area contributed by atoms with Gasteiger partial charge in [0.05, 0.1) is 0 Å². The van der Waals surface area contributed by atoms with Crippen LogP contribution in [0.1, 0.15) is 22.3 Å². The second-order valence-corrected chi connectivity index (χ2v) is 5.04. The predicted molar refractivity (Wildman–Crippen MR) is 80.2 cm³/mol. The third-order valence-corrected chi connectivity index (χ3v) is 3.60. The molecule has 0 atom stereocenters. The van der Waals surface area contributed by atoms with Gasteiger partial charge in [0.25, 0.3) is 5.91 Å². The summed E-state index contributed by atoms with van der Waals surface area (Å²) in [7, 11) is 2.09. The zero-order valence-corrected chi connectivity index (χ0v) is 11.5. The number of benzene rings is 1. The molecule has 0 saturated carbocycles. The highest BCUT2D eigenvalue weighted by molar-refractivity contribution is 6.04. The summed E-state index contributed by atoms with van der Waals surface area (Å²) in [5, 5.41) is 2.81. The number of fused-ring (bicyclic) bond motifs is 1. The van der Waals surface area contributed by atoms with E-state index in [1.165, 1.54) is 11.3 Å². The topological polar surface area (TPSA) is 45.2 Å². The van der Waals surface area contributed by atoms with Crippen LogP contribution in [0.4, 0.5) is 11.5 Å². The van der Waals surface area contributed by atoms with Crippen LogP contribution in [0.5, 0.6) is 0 Å². The molecule has 0 spiro atoms. The van der Waals surface area contributed by atoms with Crippen LogP contribution in [0.15, 0.2) is 42.6 Å². The summed E-state index contributed by atoms with van der Waals surface area (Å²) in [5.41, 5.74) is 3.16. The van der Waals surface area contributed by atoms with Crippen molar-refractivity contribution >= 4 is 17.4 Å². The molecule has 20 heavy (non-hydrogen) atoms. The molecule has 0 unspecified atom stereocenters. The first-order valence-electron chi connectivity index (χ1n) is 6.80. The molecular weight excluding hydrogens is 250 g/mol. The second kappa shape index (κ2) is 5.33. The molecule has 0 fully saturated rings. The SMILES string of the molecule is CN1CCCc2cc(C(=O)Nc3ccccn3)ccc21. The van der Waals surface area contributed by atoms with E-state index in [0.29, 0.717) is 11.4 Å². The van der Waals surface area contributed by atoms with Gasteiger partial charge in [-0.1, -0.05) is 6.07 Å². The van der Waals surface area contributed by atoms with Crippen molar-refractivity contribution < 1.29 is 4.79 Å². The Kier molecular flexibility index (Phi) is 3.37. The maximum Gasteiger partial charge on any atom is 0.256 e. The lowest BCUT2D eigenvalue weighted by Crippen LogP contribution is -2.25. The fourth-order valence-electron chi connectivity index (χ4n) is 2.55. The first kappa shape index (κ1) is 12.7. The molecule has 0 bridgehead atoms. The number of hydrogen-bond donors (Lipinski definition) is 1. The van der Waals surface area contributed by atoms with Crippen molar-refractivity contribution in [1.82, 2.24) is 4.98 Å². The van der Waals surface area contributed by atoms with Gasteiger partial charge in [-0.25, -0.2) is 4.98 Å². The Morgan fingerprint density at radius 2 is 2.20 bits per heavy atom. The summed E-state index contributed by atoms with van der Waals surface area (Å²) in [6.45, 7) is 1.08. The largest absolute Gasteiger partial charge is 0.374 e. The van der Waals surface area contributed by atoms with Crippen LogP contribution in [0.3, 0.4) is 0 Å². The van der Waals surface area contributed by atoms with E-state index < -0.39 is 0 Å². The first-order valence-corrected chi connectivity index (χ1v) is 6.80. The van der Waals surface area contributed by atoms with Crippen molar-refractivity contribution in [2.24, 2.45) is 0 Å². The van der Waals surface area contributed by atoms with E-state index >= 15 is 0 Å². The molecule has 1 aliphatic heterocycles. The molecule has 3 rings (SSSR count). The minimum Gasteiger partial charge on any atom is -0.374 e. The Morgan fingerprint density at radius 3 is 3.00 bits per heavy atom. The normalized spacial score (nSPS) is 13.8. The highest BCUT2D eigenvalue weighted by Gasteiger charge is 2.16. The van der Waals surface area contributed by atoms with Crippen LogP contribution in [0, 0.1) is 0 Å². The monoisotopic (exact) mass is 267 g/mol. The van der Waals surface area contributed by atoms with Gasteiger partial charge >= 0.3 is 0 Å². The van der Waals surface area contributed by atoms with Crippen molar-refractivity contribution in [2.75, 3.05) is 23.8 Å². The molecule has 0 aliphatic carbocycles. The number of rotatable bonds is 2. The summed E-state index contributed by atoms with van der Waals surface area (Å²) in [4.78, 5) is 18.6. The Bertz CT molecular complexity index is 625. The average Bonchev–Trinajstić information content (AvgIpc) is 2.48. The van der Waals surface area contributed by atoms with E-state index in [4.69, 9.17) is 0 Å². The van der Waals surface area contributed by atoms with Crippen LogP contribution in [-0.2, 0) is 6.42 Å². The van der Waals surface area contributed by atoms with Gasteiger partial charge in [-0.3, -0.25) is 4.79 Å². The summed E-state index contributed by atoms with van der Waals surface area (Å²) in [5.74, 6) is 0.465. The lowest BCUT2D eigenvalue weighted by Gasteiger charge is -2.27. The number of carbonyl (C=O) groups is 1. The average molecular weight is 267 g/mol. The predicted octanol–water partition coefficient (Wildman–Crippen LogP) is 2.72. The summed E-state index contributed by atoms with van der Waals surface area (Å²) < 4.78 is 0. The summed E-state index contributed by atoms with van der Waals surface area (Å²) in [6, 6.07) is 11.4. The molecule has 4 nitrogen and oxygen atoms in total. The van der Waals surface area contributed by atoms with Crippen LogP contribution in [0.2, 0.25) is 0 Å². The number of nitrogens with one attached hydrogen (secondary N) is 1. The number of pyridine rings is 1. The number of anilines is 2. The van der Waals surface area contributed by atoms with Crippen molar-refractivity contribution in [3.05, 3.63) is 53.7 Å². The zero-order chi connectivity index (χ0) is 13.9. The van der Waals surface area contributed by atoms with Crippen molar-refractivity contribution in [3.8, 4) is 0 Å². The maximum atomic E-state index is 12.2. The highest BCUT2D eigenvalue weighted by atomic mass is 16.1. The Morgan fingerprint density at radius 1 is 1.30 bits per heavy atom. The third kappa shape index (κ3) is 2.50. The minimum atomic E-state index is -0.111. The highest BCUT2D eigenvalue weighted by Crippen LogP contribution is 2.26. The number of carbonyl (C=O) groups excluding carboxylic acids is 1. The minimum absolute atomic E-state index is 0.111. The number of nitrogens with zero attached hydrogens (tertiary/aromatic N) is 2. The van der Waals surface area contributed by atoms with Gasteiger partial charge in [-0.15, -0.1) is 0 Å². The molecule has 0 radical (unpaired) electrons. The molecule has 2 heterocycles. The smallest absolute Gasteiger partial charge is 0.256 e. The van der Waals surface area contributed by atoms with Crippen molar-refractivity contribution in [2.45, 2.75) is 12.8 Å². The van der Waals surface area contributed by atoms with Crippen LogP contribution < -0.4 is 10.2 Å². The Hall–Kier alpha value is -2.36. The van der Waals surface area contributed by atoms with Crippen molar-refractivity contribution in [3.63, 3.8) is 0 Å². The van der Waals surface area contributed by atoms with E-state index in [9.17, 15) is 4.79 Å². The number of aryl methyl sites for hydroxylation is 1. The second-order valence-electron chi connectivity index (χ2n) is 5.04. The van der Waals surface area contributed by atoms with Crippen LogP contribution >= 0.6 is 0 Å². The van der Waals surface area contributed by atoms with E-state index in [1.54, 1.807) is 12.3 Å². The molecule has 4 heteroatoms. The van der Waals surface area contributed by atoms with E-state index in [0.717, 1.165) is 19.4 Å². The molecule has 1 N–H and O–H groups in total. The molecule has 1 aliphatic rings. The van der Waals surface area contributed by atoms with Gasteiger partial charge in [-0.05, 0) is 48.7 Å². The molecular formula is C16H17N3O. The molecule has 2 aromatic rings. The number of amides is 1. The number of hydrogen-bond acceptors (Lipinski definition) is 3. The fourth-order valence-corrected chi connectivity index (χ4v) is 2.55. The summed E-state index contributed by atoms with van der Waals surface area (Å²) in [6.07, 6.45) is 3.83. The van der Waals surface area contributed by atoms with Gasteiger partial charge in [-0.2, -0.15) is 0 Å². The molecule has 1 aromatic carbocycles. The Labute approximate surface area is 118 Å². The molecule has 1 amide bonds. The molecule has 1 aromatic heterocycles. The van der Waals surface area contributed by atoms with E-state index in [1.807, 2.05) is 30.3 Å². The number of aromatic nitrogens is 1. The van der Waals surface area contributed by atoms with Crippen LogP contribution in [-0.4, -0.2) is 24.5 Å². The summed E-state index contributed by atoms with van der Waals surface area (Å²) >= 11 is 0. The lowest BCUT2D eigenvalue weighted by molar-refractivity contribution is 0.102. The fraction of sp³-hybridized carbons (Fsp3) is 0.250. The van der Waals surface area contributed by atoms with Crippen LogP contribution in [0.25, 0.3) is 0 Å². The third-order valence-electron chi connectivity index (χ3n) is 3.60. The standard InChI is InChI=1S/C16H17N3O/c1-19-10-4-5-12-11-13(7-8-14(12)19)16(20)18-15-6-2-3-9-17-15/h2-3,6-9,11H,4-5,10H2,1H3,(H,17,18,20). The zero-order valence-electron chi connectivity index (χ0n) is 11.5. The van der Waals surface area contributed by atoms with Gasteiger partial charge in [0.2, 0.25) is 0 Å². The quantitative estimate of drug-likeness (QED) is 0.910. The Balaban J connectivity index is 1.82. The maximum absolute atomic E-state index is 12.2. The van der Waals surface area contributed by atoms with Gasteiger partial charge in [0, 0.05) is 31.0 Å². The first-order chi connectivity index (χ1) is 9.74. The van der Waals surface area contributed by atoms with E-state index in [-0.39, 0.29) is 5.91 Å². The molecule has 0 saturated heterocycles. The lowest BCUT2D eigenvalue weighted by atomic mass is 9.99. The van der Waals surface area contributed by atoms with Gasteiger partial charge in [0.15, 0.2) is 0 Å².